The fraction of sp³-hybridized carbons (Fsp3) is 0.133. The number of hydrogen-bond acceptors (Lipinski definition) is 5. The maximum atomic E-state index is 11.8. The highest BCUT2D eigenvalue weighted by atomic mass is 32.1. The molecule has 1 heterocycles. The fourth-order valence-corrected chi connectivity index (χ4v) is 2.42. The summed E-state index contributed by atoms with van der Waals surface area (Å²) in [7, 11) is 0. The van der Waals surface area contributed by atoms with Crippen LogP contribution in [0.5, 0.6) is 0 Å². The van der Waals surface area contributed by atoms with Crippen LogP contribution in [0.1, 0.15) is 21.5 Å². The average Bonchev–Trinajstić information content (AvgIpc) is 2.92. The Morgan fingerprint density at radius 2 is 2.10 bits per heavy atom. The third-order valence-corrected chi connectivity index (χ3v) is 3.57. The van der Waals surface area contributed by atoms with Crippen molar-refractivity contribution in [1.82, 2.24) is 0 Å². The first-order valence-corrected chi connectivity index (χ1v) is 7.00. The molecule has 106 valence electrons. The van der Waals surface area contributed by atoms with Gasteiger partial charge in [-0.15, -0.1) is 11.3 Å². The molecule has 0 spiro atoms. The van der Waals surface area contributed by atoms with Gasteiger partial charge in [0.2, 0.25) is 0 Å². The highest BCUT2D eigenvalue weighted by Gasteiger charge is 2.13. The van der Waals surface area contributed by atoms with E-state index >= 15 is 0 Å². The largest absolute Gasteiger partial charge is 0.452 e. The maximum absolute atomic E-state index is 11.8. The van der Waals surface area contributed by atoms with Crippen molar-refractivity contribution in [2.24, 2.45) is 0 Å². The number of thiophene rings is 1. The SMILES string of the molecule is Cc1ccccc1C(=O)OCC(=O)Nc1sccc1C#N. The molecule has 0 radical (unpaired) electrons. The van der Waals surface area contributed by atoms with E-state index in [9.17, 15) is 9.59 Å². The van der Waals surface area contributed by atoms with Gasteiger partial charge in [0.15, 0.2) is 6.61 Å². The van der Waals surface area contributed by atoms with E-state index in [1.54, 1.807) is 36.6 Å². The highest BCUT2D eigenvalue weighted by molar-refractivity contribution is 7.14. The van der Waals surface area contributed by atoms with Gasteiger partial charge in [0.05, 0.1) is 11.1 Å². The number of nitrogens with zero attached hydrogens (tertiary/aromatic N) is 1. The molecule has 2 aromatic rings. The summed E-state index contributed by atoms with van der Waals surface area (Å²) in [6, 6.07) is 10.6. The Balaban J connectivity index is 1.92. The lowest BCUT2D eigenvalue weighted by molar-refractivity contribution is -0.119. The van der Waals surface area contributed by atoms with Crippen molar-refractivity contribution in [2.45, 2.75) is 6.92 Å². The van der Waals surface area contributed by atoms with Gasteiger partial charge in [-0.1, -0.05) is 18.2 Å². The molecule has 0 aliphatic heterocycles. The number of carbonyl (C=O) groups is 2. The Morgan fingerprint density at radius 1 is 1.33 bits per heavy atom. The molecule has 2 rings (SSSR count). The minimum absolute atomic E-state index is 0.388. The fourth-order valence-electron chi connectivity index (χ4n) is 1.67. The second kappa shape index (κ2) is 6.68. The molecule has 0 bridgehead atoms. The number of nitriles is 1. The van der Waals surface area contributed by atoms with Crippen molar-refractivity contribution in [3.8, 4) is 6.07 Å². The Hall–Kier alpha value is -2.65. The number of benzene rings is 1. The molecule has 0 saturated heterocycles. The van der Waals surface area contributed by atoms with E-state index in [1.807, 2.05) is 12.1 Å². The summed E-state index contributed by atoms with van der Waals surface area (Å²) in [5.74, 6) is -1.02. The summed E-state index contributed by atoms with van der Waals surface area (Å²) in [4.78, 5) is 23.6. The minimum atomic E-state index is -0.546. The lowest BCUT2D eigenvalue weighted by Gasteiger charge is -2.07. The number of ether oxygens (including phenoxy) is 1. The Labute approximate surface area is 125 Å². The van der Waals surface area contributed by atoms with Crippen molar-refractivity contribution in [3.05, 3.63) is 52.4 Å². The average molecular weight is 300 g/mol. The number of esters is 1. The van der Waals surface area contributed by atoms with Crippen LogP contribution in [0.25, 0.3) is 0 Å². The van der Waals surface area contributed by atoms with Crippen LogP contribution in [-0.2, 0) is 9.53 Å². The molecular weight excluding hydrogens is 288 g/mol. The molecule has 0 unspecified atom stereocenters. The third-order valence-electron chi connectivity index (χ3n) is 2.74. The van der Waals surface area contributed by atoms with E-state index < -0.39 is 18.5 Å². The van der Waals surface area contributed by atoms with Gasteiger partial charge in [-0.05, 0) is 30.0 Å². The van der Waals surface area contributed by atoms with Crippen molar-refractivity contribution < 1.29 is 14.3 Å². The predicted molar refractivity (Wildman–Crippen MR) is 79.1 cm³/mol. The Bertz CT molecular complexity index is 716. The van der Waals surface area contributed by atoms with Crippen LogP contribution in [0.3, 0.4) is 0 Å². The first-order valence-electron chi connectivity index (χ1n) is 6.12. The van der Waals surface area contributed by atoms with Crippen molar-refractivity contribution in [3.63, 3.8) is 0 Å². The van der Waals surface area contributed by atoms with Crippen LogP contribution in [0.2, 0.25) is 0 Å². The molecule has 1 N–H and O–H groups in total. The zero-order valence-corrected chi connectivity index (χ0v) is 12.1. The molecule has 6 heteroatoms. The maximum Gasteiger partial charge on any atom is 0.338 e. The van der Waals surface area contributed by atoms with E-state index in [0.717, 1.165) is 5.56 Å². The van der Waals surface area contributed by atoms with E-state index in [-0.39, 0.29) is 0 Å². The monoisotopic (exact) mass is 300 g/mol. The van der Waals surface area contributed by atoms with Crippen LogP contribution in [0, 0.1) is 18.3 Å². The summed E-state index contributed by atoms with van der Waals surface area (Å²) in [5, 5.41) is 13.5. The second-order valence-corrected chi connectivity index (χ2v) is 5.13. The smallest absolute Gasteiger partial charge is 0.338 e. The molecule has 0 aliphatic rings. The number of nitrogens with one attached hydrogen (secondary N) is 1. The summed E-state index contributed by atoms with van der Waals surface area (Å²) in [6.45, 7) is 1.40. The van der Waals surface area contributed by atoms with Crippen LogP contribution in [-0.4, -0.2) is 18.5 Å². The molecule has 1 aromatic carbocycles. The van der Waals surface area contributed by atoms with Gasteiger partial charge < -0.3 is 10.1 Å². The van der Waals surface area contributed by atoms with Crippen molar-refractivity contribution >= 4 is 28.2 Å². The lowest BCUT2D eigenvalue weighted by atomic mass is 10.1. The third kappa shape index (κ3) is 3.68. The summed E-state index contributed by atoms with van der Waals surface area (Å²) < 4.78 is 4.96. The molecule has 1 aromatic heterocycles. The van der Waals surface area contributed by atoms with Gasteiger partial charge in [0, 0.05) is 0 Å². The quantitative estimate of drug-likeness (QED) is 0.880. The van der Waals surface area contributed by atoms with Crippen LogP contribution < -0.4 is 5.32 Å². The molecule has 5 nitrogen and oxygen atoms in total. The normalized spacial score (nSPS) is 9.71. The van der Waals surface area contributed by atoms with E-state index in [4.69, 9.17) is 10.00 Å². The predicted octanol–water partition coefficient (Wildman–Crippen LogP) is 2.72. The Morgan fingerprint density at radius 3 is 2.81 bits per heavy atom. The number of rotatable bonds is 4. The van der Waals surface area contributed by atoms with Gasteiger partial charge in [-0.3, -0.25) is 4.79 Å². The number of hydrogen-bond donors (Lipinski definition) is 1. The summed E-state index contributed by atoms with van der Waals surface area (Å²) >= 11 is 1.24. The van der Waals surface area contributed by atoms with Crippen molar-refractivity contribution in [1.29, 1.82) is 5.26 Å². The first kappa shape index (κ1) is 14.8. The van der Waals surface area contributed by atoms with Crippen LogP contribution >= 0.6 is 11.3 Å². The first-order chi connectivity index (χ1) is 10.1. The molecule has 0 atom stereocenters. The molecule has 0 fully saturated rings. The summed E-state index contributed by atoms with van der Waals surface area (Å²) in [6.07, 6.45) is 0. The standard InChI is InChI=1S/C15H12N2O3S/c1-10-4-2-3-5-12(10)15(19)20-9-13(18)17-14-11(8-16)6-7-21-14/h2-7H,9H2,1H3,(H,17,18). The van der Waals surface area contributed by atoms with E-state index in [2.05, 4.69) is 5.32 Å². The summed E-state index contributed by atoms with van der Waals surface area (Å²) in [5.41, 5.74) is 1.60. The van der Waals surface area contributed by atoms with Crippen molar-refractivity contribution in [2.75, 3.05) is 11.9 Å². The highest BCUT2D eigenvalue weighted by Crippen LogP contribution is 2.21. The molecular formula is C15H12N2O3S. The molecule has 1 amide bonds. The van der Waals surface area contributed by atoms with E-state index in [0.29, 0.717) is 16.1 Å². The van der Waals surface area contributed by atoms with E-state index in [1.165, 1.54) is 11.3 Å². The zero-order valence-electron chi connectivity index (χ0n) is 11.3. The number of amides is 1. The lowest BCUT2D eigenvalue weighted by Crippen LogP contribution is -2.21. The minimum Gasteiger partial charge on any atom is -0.452 e. The van der Waals surface area contributed by atoms with Gasteiger partial charge in [0.1, 0.15) is 11.1 Å². The number of aryl methyl sites for hydroxylation is 1. The zero-order chi connectivity index (χ0) is 15.2. The molecule has 0 aliphatic carbocycles. The van der Waals surface area contributed by atoms with Crippen LogP contribution in [0.15, 0.2) is 35.7 Å². The Kier molecular flexibility index (Phi) is 4.69. The topological polar surface area (TPSA) is 79.2 Å². The second-order valence-electron chi connectivity index (χ2n) is 4.21. The van der Waals surface area contributed by atoms with Gasteiger partial charge in [-0.25, -0.2) is 4.79 Å². The molecule has 0 saturated carbocycles. The van der Waals surface area contributed by atoms with Gasteiger partial charge in [-0.2, -0.15) is 5.26 Å². The van der Waals surface area contributed by atoms with Gasteiger partial charge >= 0.3 is 5.97 Å². The number of anilines is 1. The van der Waals surface area contributed by atoms with Crippen LogP contribution in [0.4, 0.5) is 5.00 Å². The van der Waals surface area contributed by atoms with Gasteiger partial charge in [0.25, 0.3) is 5.91 Å². The number of carbonyl (C=O) groups excluding carboxylic acids is 2. The molecule has 21 heavy (non-hydrogen) atoms.